The molecular formula is C14H20N6O3. The number of nitro groups is 1. The van der Waals surface area contributed by atoms with Crippen molar-refractivity contribution in [2.75, 3.05) is 7.05 Å². The van der Waals surface area contributed by atoms with Gasteiger partial charge in [-0.1, -0.05) is 0 Å². The van der Waals surface area contributed by atoms with Crippen LogP contribution < -0.4 is 0 Å². The average Bonchev–Trinajstić information content (AvgIpc) is 3.11. The molecule has 0 N–H and O–H groups in total. The van der Waals surface area contributed by atoms with Gasteiger partial charge in [0.25, 0.3) is 0 Å². The number of amides is 1. The Hall–Kier alpha value is -2.71. The first-order chi connectivity index (χ1) is 10.9. The van der Waals surface area contributed by atoms with Crippen molar-refractivity contribution >= 4 is 11.6 Å². The third-order valence-electron chi connectivity index (χ3n) is 3.53. The van der Waals surface area contributed by atoms with E-state index in [1.54, 1.807) is 29.7 Å². The Morgan fingerprint density at radius 3 is 2.70 bits per heavy atom. The normalized spacial score (nSPS) is 10.7. The number of carbonyl (C=O) groups excluding carboxylic acids is 1. The number of aromatic nitrogens is 4. The van der Waals surface area contributed by atoms with E-state index in [-0.39, 0.29) is 18.0 Å². The van der Waals surface area contributed by atoms with Gasteiger partial charge in [-0.2, -0.15) is 10.2 Å². The monoisotopic (exact) mass is 320 g/mol. The SMILES string of the molecule is CCn1cc(CN(C)C(=O)CCn2cc([N+](=O)[O-])c(C)n2)cn1. The molecule has 0 aromatic carbocycles. The van der Waals surface area contributed by atoms with Crippen LogP contribution in [0.4, 0.5) is 5.69 Å². The fourth-order valence-corrected chi connectivity index (χ4v) is 2.23. The highest BCUT2D eigenvalue weighted by Crippen LogP contribution is 2.15. The van der Waals surface area contributed by atoms with Gasteiger partial charge < -0.3 is 4.90 Å². The van der Waals surface area contributed by atoms with Gasteiger partial charge in [0.2, 0.25) is 5.91 Å². The summed E-state index contributed by atoms with van der Waals surface area (Å²) in [4.78, 5) is 24.1. The lowest BCUT2D eigenvalue weighted by Crippen LogP contribution is -2.27. The van der Waals surface area contributed by atoms with Crippen LogP contribution >= 0.6 is 0 Å². The van der Waals surface area contributed by atoms with E-state index in [1.165, 1.54) is 10.9 Å². The highest BCUT2D eigenvalue weighted by molar-refractivity contribution is 5.75. The van der Waals surface area contributed by atoms with Gasteiger partial charge in [0, 0.05) is 44.9 Å². The summed E-state index contributed by atoms with van der Waals surface area (Å²) in [6.07, 6.45) is 5.24. The second-order valence-corrected chi connectivity index (χ2v) is 5.32. The van der Waals surface area contributed by atoms with Gasteiger partial charge in [-0.25, -0.2) is 0 Å². The Morgan fingerprint density at radius 2 is 2.13 bits per heavy atom. The van der Waals surface area contributed by atoms with Gasteiger partial charge in [-0.3, -0.25) is 24.3 Å². The molecule has 0 radical (unpaired) electrons. The second-order valence-electron chi connectivity index (χ2n) is 5.32. The summed E-state index contributed by atoms with van der Waals surface area (Å²) in [5, 5.41) is 19.0. The molecule has 0 unspecified atom stereocenters. The predicted molar refractivity (Wildman–Crippen MR) is 82.6 cm³/mol. The van der Waals surface area contributed by atoms with Gasteiger partial charge in [-0.05, 0) is 13.8 Å². The molecule has 2 aromatic heterocycles. The van der Waals surface area contributed by atoms with Crippen molar-refractivity contribution in [1.29, 1.82) is 0 Å². The van der Waals surface area contributed by atoms with E-state index in [2.05, 4.69) is 10.2 Å². The molecule has 0 aliphatic rings. The number of nitrogens with zero attached hydrogens (tertiary/aromatic N) is 6. The Morgan fingerprint density at radius 1 is 1.39 bits per heavy atom. The van der Waals surface area contributed by atoms with Crippen molar-refractivity contribution in [3.63, 3.8) is 0 Å². The molecule has 2 rings (SSSR count). The lowest BCUT2D eigenvalue weighted by atomic mass is 10.3. The minimum absolute atomic E-state index is 0.0298. The lowest BCUT2D eigenvalue weighted by Gasteiger charge is -2.16. The first-order valence-electron chi connectivity index (χ1n) is 7.34. The van der Waals surface area contributed by atoms with Gasteiger partial charge >= 0.3 is 5.69 Å². The van der Waals surface area contributed by atoms with Crippen LogP contribution in [-0.2, 0) is 24.4 Å². The zero-order valence-corrected chi connectivity index (χ0v) is 13.5. The van der Waals surface area contributed by atoms with Gasteiger partial charge in [0.1, 0.15) is 11.9 Å². The molecule has 1 amide bonds. The van der Waals surface area contributed by atoms with Crippen molar-refractivity contribution in [1.82, 2.24) is 24.5 Å². The Bertz CT molecular complexity index is 705. The molecule has 0 saturated carbocycles. The van der Waals surface area contributed by atoms with Crippen molar-refractivity contribution in [3.8, 4) is 0 Å². The molecule has 9 heteroatoms. The fourth-order valence-electron chi connectivity index (χ4n) is 2.23. The second kappa shape index (κ2) is 7.03. The van der Waals surface area contributed by atoms with E-state index in [0.717, 1.165) is 12.1 Å². The molecule has 0 fully saturated rings. The van der Waals surface area contributed by atoms with Crippen LogP contribution in [0.3, 0.4) is 0 Å². The highest BCUT2D eigenvalue weighted by Gasteiger charge is 2.16. The van der Waals surface area contributed by atoms with E-state index in [1.807, 2.05) is 13.1 Å². The maximum atomic E-state index is 12.1. The largest absolute Gasteiger partial charge is 0.341 e. The van der Waals surface area contributed by atoms with Crippen LogP contribution in [0.25, 0.3) is 0 Å². The smallest absolute Gasteiger partial charge is 0.309 e. The van der Waals surface area contributed by atoms with E-state index in [0.29, 0.717) is 18.8 Å². The van der Waals surface area contributed by atoms with Gasteiger partial charge in [-0.15, -0.1) is 0 Å². The van der Waals surface area contributed by atoms with Gasteiger partial charge in [0.15, 0.2) is 0 Å². The van der Waals surface area contributed by atoms with E-state index < -0.39 is 4.92 Å². The topological polar surface area (TPSA) is 99.1 Å². The summed E-state index contributed by atoms with van der Waals surface area (Å²) in [5.41, 5.74) is 1.29. The van der Waals surface area contributed by atoms with Gasteiger partial charge in [0.05, 0.1) is 11.1 Å². The minimum Gasteiger partial charge on any atom is -0.341 e. The van der Waals surface area contributed by atoms with Crippen LogP contribution in [-0.4, -0.2) is 42.3 Å². The molecule has 2 heterocycles. The Kier molecular flexibility index (Phi) is 5.09. The Labute approximate surface area is 133 Å². The maximum Gasteiger partial charge on any atom is 0.309 e. The molecule has 0 bridgehead atoms. The summed E-state index contributed by atoms with van der Waals surface area (Å²) in [6, 6.07) is 0. The molecular weight excluding hydrogens is 300 g/mol. The number of aryl methyl sites for hydroxylation is 3. The molecule has 0 spiro atoms. The summed E-state index contributed by atoms with van der Waals surface area (Å²) in [5.74, 6) is -0.0509. The lowest BCUT2D eigenvalue weighted by molar-refractivity contribution is -0.385. The van der Waals surface area contributed by atoms with E-state index in [4.69, 9.17) is 0 Å². The van der Waals surface area contributed by atoms with Crippen LogP contribution in [0.2, 0.25) is 0 Å². The predicted octanol–water partition coefficient (Wildman–Crippen LogP) is 1.36. The van der Waals surface area contributed by atoms with E-state index in [9.17, 15) is 14.9 Å². The molecule has 9 nitrogen and oxygen atoms in total. The number of carbonyl (C=O) groups is 1. The Balaban J connectivity index is 1.88. The first kappa shape index (κ1) is 16.7. The third kappa shape index (κ3) is 4.15. The number of rotatable bonds is 7. The first-order valence-corrected chi connectivity index (χ1v) is 7.34. The maximum absolute atomic E-state index is 12.1. The molecule has 2 aromatic rings. The average molecular weight is 320 g/mol. The van der Waals surface area contributed by atoms with Crippen LogP contribution in [0.15, 0.2) is 18.6 Å². The van der Waals surface area contributed by atoms with Crippen molar-refractivity contribution in [2.24, 2.45) is 0 Å². The van der Waals surface area contributed by atoms with Crippen LogP contribution in [0.1, 0.15) is 24.6 Å². The molecule has 23 heavy (non-hydrogen) atoms. The fraction of sp³-hybridized carbons (Fsp3) is 0.500. The standard InChI is InChI=1S/C14H20N6O3/c1-4-18-9-12(7-15-18)8-17(3)14(21)5-6-19-10-13(20(22)23)11(2)16-19/h7,9-10H,4-6,8H2,1-3H3. The summed E-state index contributed by atoms with van der Waals surface area (Å²) < 4.78 is 3.24. The van der Waals surface area contributed by atoms with Crippen LogP contribution in [0, 0.1) is 17.0 Å². The van der Waals surface area contributed by atoms with Crippen molar-refractivity contribution < 1.29 is 9.72 Å². The third-order valence-corrected chi connectivity index (χ3v) is 3.53. The molecule has 124 valence electrons. The zero-order chi connectivity index (χ0) is 17.0. The quantitative estimate of drug-likeness (QED) is 0.566. The minimum atomic E-state index is -0.474. The number of hydrogen-bond acceptors (Lipinski definition) is 5. The molecule has 0 atom stereocenters. The number of hydrogen-bond donors (Lipinski definition) is 0. The molecule has 0 saturated heterocycles. The van der Waals surface area contributed by atoms with Crippen molar-refractivity contribution in [3.05, 3.63) is 40.0 Å². The van der Waals surface area contributed by atoms with Crippen molar-refractivity contribution in [2.45, 2.75) is 39.9 Å². The van der Waals surface area contributed by atoms with Crippen LogP contribution in [0.5, 0.6) is 0 Å². The molecule has 0 aliphatic carbocycles. The molecule has 0 aliphatic heterocycles. The van der Waals surface area contributed by atoms with E-state index >= 15 is 0 Å². The zero-order valence-electron chi connectivity index (χ0n) is 13.5. The summed E-state index contributed by atoms with van der Waals surface area (Å²) in [7, 11) is 1.72. The summed E-state index contributed by atoms with van der Waals surface area (Å²) >= 11 is 0. The summed E-state index contributed by atoms with van der Waals surface area (Å²) in [6.45, 7) is 5.16. The highest BCUT2D eigenvalue weighted by atomic mass is 16.6.